The summed E-state index contributed by atoms with van der Waals surface area (Å²) >= 11 is 0. The third kappa shape index (κ3) is 14.1. The number of anilines is 1. The molecule has 0 bridgehead atoms. The Kier molecular flexibility index (Phi) is 17.4. The number of benzene rings is 1. The molecule has 164 valence electrons. The largest absolute Gasteiger partial charge is 0.375 e. The first-order valence-corrected chi connectivity index (χ1v) is 10.6. The molecule has 0 amide bonds. The zero-order valence-corrected chi connectivity index (χ0v) is 19.2. The van der Waals surface area contributed by atoms with E-state index in [0.29, 0.717) is 0 Å². The predicted octanol–water partition coefficient (Wildman–Crippen LogP) is 5.68. The number of nitrogens with zero attached hydrogens (tertiary/aromatic N) is 5. The zero-order chi connectivity index (χ0) is 22.5. The Labute approximate surface area is 184 Å². The highest BCUT2D eigenvalue weighted by Crippen LogP contribution is 2.10. The molecule has 30 heavy (non-hydrogen) atoms. The first-order chi connectivity index (χ1) is 14.7. The number of terminal acetylenes is 1. The van der Waals surface area contributed by atoms with Crippen LogP contribution < -0.4 is 5.01 Å². The van der Waals surface area contributed by atoms with Crippen LogP contribution in [0.15, 0.2) is 66.4 Å². The van der Waals surface area contributed by atoms with Crippen molar-refractivity contribution in [2.75, 3.05) is 25.6 Å². The molecule has 5 nitrogen and oxygen atoms in total. The third-order valence-electron chi connectivity index (χ3n) is 4.24. The topological polar surface area (TPSA) is 36.7 Å². The van der Waals surface area contributed by atoms with Gasteiger partial charge in [0.05, 0.1) is 18.6 Å². The fraction of sp³-hybridized carbons (Fsp3) is 0.440. The Morgan fingerprint density at radius 2 is 1.77 bits per heavy atom. The first kappa shape index (κ1) is 27.0. The van der Waals surface area contributed by atoms with Crippen LogP contribution >= 0.6 is 0 Å². The smallest absolute Gasteiger partial charge is 0.0945 e. The van der Waals surface area contributed by atoms with Crippen molar-refractivity contribution in [3.05, 3.63) is 61.3 Å². The lowest BCUT2D eigenvalue weighted by atomic mass is 10.1. The highest BCUT2D eigenvalue weighted by molar-refractivity contribution is 5.62. The lowest BCUT2D eigenvalue weighted by Crippen LogP contribution is -2.16. The molecule has 5 heteroatoms. The molecule has 0 atom stereocenters. The van der Waals surface area contributed by atoms with Crippen LogP contribution in [0, 0.1) is 12.8 Å². The summed E-state index contributed by atoms with van der Waals surface area (Å²) in [5.41, 5.74) is 1.09. The standard InChI is InChI=1S/C13H19N3.C10H18N2.C2H2/c1-4-11-15(2)12-10-14-16(3)13-8-6-5-7-9-13;1-2-3-4-5-6-8-12-9-7-11-10-12;1-2/h4-11H,12H2,1-3H3;7,9-10H,2-6,8H2,1H3;1-2H/b11-4-,14-10+;;. The van der Waals surface area contributed by atoms with Gasteiger partial charge in [0.25, 0.3) is 0 Å². The number of aryl methyl sites for hydroxylation is 1. The summed E-state index contributed by atoms with van der Waals surface area (Å²) < 4.78 is 2.14. The monoisotopic (exact) mass is 409 g/mol. The molecule has 0 fully saturated rings. The van der Waals surface area contributed by atoms with Crippen LogP contribution in [0.25, 0.3) is 0 Å². The Hall–Kier alpha value is -3.00. The average molecular weight is 410 g/mol. The molecule has 0 spiro atoms. The Bertz CT molecular complexity index is 674. The van der Waals surface area contributed by atoms with E-state index in [4.69, 9.17) is 0 Å². The maximum absolute atomic E-state index is 4.35. The van der Waals surface area contributed by atoms with Crippen molar-refractivity contribution in [2.24, 2.45) is 5.10 Å². The van der Waals surface area contributed by atoms with Crippen LogP contribution in [0.5, 0.6) is 0 Å². The Morgan fingerprint density at radius 1 is 1.07 bits per heavy atom. The second kappa shape index (κ2) is 19.3. The maximum atomic E-state index is 4.35. The van der Waals surface area contributed by atoms with E-state index in [2.05, 4.69) is 39.3 Å². The molecule has 2 aromatic rings. The van der Waals surface area contributed by atoms with E-state index in [9.17, 15) is 0 Å². The lowest BCUT2D eigenvalue weighted by molar-refractivity contribution is 0.527. The fourth-order valence-corrected chi connectivity index (χ4v) is 2.63. The van der Waals surface area contributed by atoms with Crippen molar-refractivity contribution in [3.8, 4) is 12.8 Å². The van der Waals surface area contributed by atoms with Gasteiger partial charge in [-0.1, -0.05) is 56.9 Å². The van der Waals surface area contributed by atoms with E-state index in [-0.39, 0.29) is 0 Å². The quantitative estimate of drug-likeness (QED) is 0.207. The molecule has 0 N–H and O–H groups in total. The summed E-state index contributed by atoms with van der Waals surface area (Å²) in [6.07, 6.45) is 26.4. The van der Waals surface area contributed by atoms with Crippen molar-refractivity contribution < 1.29 is 0 Å². The molecule has 0 saturated heterocycles. The summed E-state index contributed by atoms with van der Waals surface area (Å²) in [6.45, 7) is 6.19. The van der Waals surface area contributed by atoms with Gasteiger partial charge in [-0.25, -0.2) is 4.98 Å². The molecule has 0 radical (unpaired) electrons. The number of hydrazone groups is 1. The second-order valence-electron chi connectivity index (χ2n) is 6.79. The van der Waals surface area contributed by atoms with Gasteiger partial charge in [-0.05, 0) is 31.7 Å². The number of hydrogen-bond donors (Lipinski definition) is 0. The minimum absolute atomic E-state index is 0.807. The van der Waals surface area contributed by atoms with Crippen molar-refractivity contribution in [1.29, 1.82) is 0 Å². The number of allylic oxidation sites excluding steroid dienone is 1. The van der Waals surface area contributed by atoms with Gasteiger partial charge in [0.1, 0.15) is 0 Å². The summed E-state index contributed by atoms with van der Waals surface area (Å²) in [5, 5.41) is 6.21. The Morgan fingerprint density at radius 3 is 2.37 bits per heavy atom. The van der Waals surface area contributed by atoms with E-state index in [0.717, 1.165) is 18.8 Å². The fourth-order valence-electron chi connectivity index (χ4n) is 2.63. The SMILES string of the molecule is C#C.C/C=C\N(C)C/C=N/N(C)c1ccccc1.CCCCCCCn1ccnc1. The normalized spacial score (nSPS) is 10.2. The van der Waals surface area contributed by atoms with Crippen LogP contribution in [0.3, 0.4) is 0 Å². The van der Waals surface area contributed by atoms with Crippen molar-refractivity contribution in [1.82, 2.24) is 14.5 Å². The second-order valence-corrected chi connectivity index (χ2v) is 6.79. The summed E-state index contributed by atoms with van der Waals surface area (Å²) in [6, 6.07) is 10.1. The molecule has 1 aromatic carbocycles. The highest BCUT2D eigenvalue weighted by Gasteiger charge is 1.94. The van der Waals surface area contributed by atoms with E-state index >= 15 is 0 Å². The van der Waals surface area contributed by atoms with E-state index in [1.165, 1.54) is 32.1 Å². The average Bonchev–Trinajstić information content (AvgIpc) is 3.30. The van der Waals surface area contributed by atoms with Gasteiger partial charge in [-0.15, -0.1) is 12.8 Å². The van der Waals surface area contributed by atoms with Gasteiger partial charge < -0.3 is 9.47 Å². The van der Waals surface area contributed by atoms with Crippen LogP contribution in [-0.4, -0.2) is 41.3 Å². The van der Waals surface area contributed by atoms with Gasteiger partial charge in [0, 0.05) is 39.2 Å². The van der Waals surface area contributed by atoms with Crippen LogP contribution in [0.4, 0.5) is 5.69 Å². The van der Waals surface area contributed by atoms with Crippen molar-refractivity contribution >= 4 is 11.9 Å². The van der Waals surface area contributed by atoms with Gasteiger partial charge in [-0.2, -0.15) is 5.10 Å². The number of unbranched alkanes of at least 4 members (excludes halogenated alkanes) is 4. The highest BCUT2D eigenvalue weighted by atomic mass is 15.4. The van der Waals surface area contributed by atoms with Crippen LogP contribution in [-0.2, 0) is 6.54 Å². The summed E-state index contributed by atoms with van der Waals surface area (Å²) in [4.78, 5) is 6.07. The molecular weight excluding hydrogens is 370 g/mol. The first-order valence-electron chi connectivity index (χ1n) is 10.6. The molecule has 0 aliphatic carbocycles. The van der Waals surface area contributed by atoms with E-state index in [1.807, 2.05) is 93.6 Å². The van der Waals surface area contributed by atoms with Gasteiger partial charge in [0.2, 0.25) is 0 Å². The molecule has 1 aromatic heterocycles. The minimum Gasteiger partial charge on any atom is -0.375 e. The van der Waals surface area contributed by atoms with E-state index in [1.54, 1.807) is 0 Å². The molecular formula is C25H39N5. The van der Waals surface area contributed by atoms with Crippen molar-refractivity contribution in [3.63, 3.8) is 0 Å². The number of aromatic nitrogens is 2. The number of hydrogen-bond acceptors (Lipinski definition) is 4. The van der Waals surface area contributed by atoms with Crippen LogP contribution in [0.2, 0.25) is 0 Å². The van der Waals surface area contributed by atoms with Crippen LogP contribution in [0.1, 0.15) is 46.0 Å². The molecule has 0 saturated carbocycles. The van der Waals surface area contributed by atoms with Gasteiger partial charge in [-0.3, -0.25) is 5.01 Å². The lowest BCUT2D eigenvalue weighted by Gasteiger charge is -2.14. The van der Waals surface area contributed by atoms with E-state index < -0.39 is 0 Å². The van der Waals surface area contributed by atoms with Gasteiger partial charge in [0.15, 0.2) is 0 Å². The Balaban J connectivity index is 0.000000535. The number of rotatable bonds is 11. The molecule has 0 unspecified atom stereocenters. The molecule has 0 aliphatic rings. The van der Waals surface area contributed by atoms with Crippen molar-refractivity contribution in [2.45, 2.75) is 52.5 Å². The minimum atomic E-state index is 0.807. The zero-order valence-electron chi connectivity index (χ0n) is 19.2. The molecule has 2 rings (SSSR count). The maximum Gasteiger partial charge on any atom is 0.0945 e. The summed E-state index contributed by atoms with van der Waals surface area (Å²) in [5.74, 6) is 0. The summed E-state index contributed by atoms with van der Waals surface area (Å²) in [7, 11) is 3.97. The van der Waals surface area contributed by atoms with Gasteiger partial charge >= 0.3 is 0 Å². The third-order valence-corrected chi connectivity index (χ3v) is 4.24. The predicted molar refractivity (Wildman–Crippen MR) is 132 cm³/mol. The molecule has 1 heterocycles. The molecule has 0 aliphatic heterocycles. The number of imidazole rings is 1. The number of para-hydroxylation sites is 1.